The molecule has 23 heavy (non-hydrogen) atoms. The third-order valence-corrected chi connectivity index (χ3v) is 6.38. The number of carbonyl (C=O) groups excluding carboxylic acids is 1. The van der Waals surface area contributed by atoms with Crippen molar-refractivity contribution < 1.29 is 4.79 Å². The van der Waals surface area contributed by atoms with E-state index in [2.05, 4.69) is 53.2 Å². The number of hydrogen-bond donors (Lipinski definition) is 1. The number of rotatable bonds is 5. The number of amides is 1. The van der Waals surface area contributed by atoms with Crippen molar-refractivity contribution in [3.8, 4) is 0 Å². The molecule has 2 fully saturated rings. The van der Waals surface area contributed by atoms with Gasteiger partial charge in [0.25, 0.3) is 0 Å². The molecule has 0 aliphatic carbocycles. The fourth-order valence-corrected chi connectivity index (χ4v) is 4.69. The molecule has 4 nitrogen and oxygen atoms in total. The maximum absolute atomic E-state index is 12.7. The summed E-state index contributed by atoms with van der Waals surface area (Å²) in [5, 5.41) is 3.67. The van der Waals surface area contributed by atoms with Crippen molar-refractivity contribution >= 4 is 17.7 Å². The van der Waals surface area contributed by atoms with Crippen molar-refractivity contribution in [3.63, 3.8) is 0 Å². The molecule has 0 aromatic heterocycles. The normalized spacial score (nSPS) is 26.0. The number of nitrogens with one attached hydrogen (secondary N) is 1. The van der Waals surface area contributed by atoms with Crippen LogP contribution in [0.5, 0.6) is 0 Å². The standard InChI is InChI=1S/C18H27N3OS/c1-3-16-17(22)21(13-12-20-10-8-19-9-11-20)18(23-16)15-6-4-14(2)5-7-15/h4-7,16,18-19H,3,8-13H2,1-2H3/t16-,18+/m1/s1. The highest BCUT2D eigenvalue weighted by molar-refractivity contribution is 8.01. The van der Waals surface area contributed by atoms with Gasteiger partial charge in [0.1, 0.15) is 5.37 Å². The first-order valence-electron chi connectivity index (χ1n) is 8.64. The summed E-state index contributed by atoms with van der Waals surface area (Å²) in [7, 11) is 0. The maximum Gasteiger partial charge on any atom is 0.236 e. The Morgan fingerprint density at radius 1 is 1.17 bits per heavy atom. The average molecular weight is 334 g/mol. The summed E-state index contributed by atoms with van der Waals surface area (Å²) in [6.07, 6.45) is 0.913. The highest BCUT2D eigenvalue weighted by atomic mass is 32.2. The second-order valence-electron chi connectivity index (χ2n) is 6.42. The molecule has 3 rings (SSSR count). The first-order valence-corrected chi connectivity index (χ1v) is 9.59. The Morgan fingerprint density at radius 3 is 2.52 bits per heavy atom. The van der Waals surface area contributed by atoms with Gasteiger partial charge < -0.3 is 10.2 Å². The van der Waals surface area contributed by atoms with Gasteiger partial charge in [-0.1, -0.05) is 36.8 Å². The van der Waals surface area contributed by atoms with Crippen LogP contribution in [0.4, 0.5) is 0 Å². The lowest BCUT2D eigenvalue weighted by Gasteiger charge is -2.31. The highest BCUT2D eigenvalue weighted by Crippen LogP contribution is 2.43. The lowest BCUT2D eigenvalue weighted by atomic mass is 10.1. The van der Waals surface area contributed by atoms with Gasteiger partial charge in [0.05, 0.1) is 5.25 Å². The zero-order valence-electron chi connectivity index (χ0n) is 14.1. The Balaban J connectivity index is 1.70. The molecule has 0 spiro atoms. The van der Waals surface area contributed by atoms with Crippen LogP contribution in [0.2, 0.25) is 0 Å². The van der Waals surface area contributed by atoms with Crippen LogP contribution < -0.4 is 5.32 Å². The largest absolute Gasteiger partial charge is 0.324 e. The monoisotopic (exact) mass is 333 g/mol. The van der Waals surface area contributed by atoms with E-state index in [9.17, 15) is 4.79 Å². The fourth-order valence-electron chi connectivity index (χ4n) is 3.26. The number of hydrogen-bond acceptors (Lipinski definition) is 4. The fraction of sp³-hybridized carbons (Fsp3) is 0.611. The summed E-state index contributed by atoms with van der Waals surface area (Å²) in [5.41, 5.74) is 2.52. The minimum atomic E-state index is 0.115. The molecule has 0 bridgehead atoms. The summed E-state index contributed by atoms with van der Waals surface area (Å²) >= 11 is 1.82. The van der Waals surface area contributed by atoms with Crippen LogP contribution in [0.1, 0.15) is 29.8 Å². The van der Waals surface area contributed by atoms with E-state index in [1.807, 2.05) is 11.8 Å². The van der Waals surface area contributed by atoms with Crippen LogP contribution in [-0.4, -0.2) is 60.2 Å². The van der Waals surface area contributed by atoms with Crippen LogP contribution in [0.15, 0.2) is 24.3 Å². The molecule has 0 radical (unpaired) electrons. The van der Waals surface area contributed by atoms with Crippen LogP contribution in [0.3, 0.4) is 0 Å². The average Bonchev–Trinajstić information content (AvgIpc) is 2.90. The molecular weight excluding hydrogens is 306 g/mol. The Hall–Kier alpha value is -1.04. The number of thioether (sulfide) groups is 1. The molecule has 2 aliphatic rings. The maximum atomic E-state index is 12.7. The SMILES string of the molecule is CC[C@H]1S[C@@H](c2ccc(C)cc2)N(CCN2CCNCC2)C1=O. The van der Waals surface area contributed by atoms with Crippen molar-refractivity contribution in [1.82, 2.24) is 15.1 Å². The van der Waals surface area contributed by atoms with E-state index in [0.29, 0.717) is 5.91 Å². The Morgan fingerprint density at radius 2 is 1.87 bits per heavy atom. The van der Waals surface area contributed by atoms with Gasteiger partial charge in [0.2, 0.25) is 5.91 Å². The van der Waals surface area contributed by atoms with E-state index in [1.54, 1.807) is 0 Å². The molecule has 0 saturated carbocycles. The van der Waals surface area contributed by atoms with Crippen LogP contribution >= 0.6 is 11.8 Å². The van der Waals surface area contributed by atoms with Crippen molar-refractivity contribution in [3.05, 3.63) is 35.4 Å². The van der Waals surface area contributed by atoms with Gasteiger partial charge in [-0.05, 0) is 18.9 Å². The topological polar surface area (TPSA) is 35.6 Å². The summed E-state index contributed by atoms with van der Waals surface area (Å²) in [4.78, 5) is 17.3. The van der Waals surface area contributed by atoms with Gasteiger partial charge in [-0.15, -0.1) is 11.8 Å². The van der Waals surface area contributed by atoms with E-state index < -0.39 is 0 Å². The molecule has 5 heteroatoms. The van der Waals surface area contributed by atoms with E-state index in [0.717, 1.165) is 45.7 Å². The molecule has 2 heterocycles. The second-order valence-corrected chi connectivity index (χ2v) is 7.71. The highest BCUT2D eigenvalue weighted by Gasteiger charge is 2.39. The van der Waals surface area contributed by atoms with Gasteiger partial charge >= 0.3 is 0 Å². The minimum Gasteiger partial charge on any atom is -0.324 e. The quantitative estimate of drug-likeness (QED) is 0.896. The zero-order valence-corrected chi connectivity index (χ0v) is 14.9. The Bertz CT molecular complexity index is 528. The number of piperazine rings is 1. The molecule has 126 valence electrons. The van der Waals surface area contributed by atoms with Crippen LogP contribution in [0, 0.1) is 6.92 Å². The van der Waals surface area contributed by atoms with Gasteiger partial charge in [-0.3, -0.25) is 9.69 Å². The number of carbonyl (C=O) groups is 1. The molecular formula is C18H27N3OS. The van der Waals surface area contributed by atoms with E-state index >= 15 is 0 Å². The first kappa shape index (κ1) is 16.8. The van der Waals surface area contributed by atoms with Crippen LogP contribution in [-0.2, 0) is 4.79 Å². The number of aryl methyl sites for hydroxylation is 1. The third kappa shape index (κ3) is 3.90. The van der Waals surface area contributed by atoms with Crippen molar-refractivity contribution in [2.45, 2.75) is 30.9 Å². The predicted molar refractivity (Wildman–Crippen MR) is 96.6 cm³/mol. The van der Waals surface area contributed by atoms with E-state index in [1.165, 1.54) is 11.1 Å². The van der Waals surface area contributed by atoms with Gasteiger partial charge in [0.15, 0.2) is 0 Å². The number of benzene rings is 1. The van der Waals surface area contributed by atoms with Crippen molar-refractivity contribution in [2.24, 2.45) is 0 Å². The molecule has 2 atom stereocenters. The number of nitrogens with zero attached hydrogens (tertiary/aromatic N) is 2. The second kappa shape index (κ2) is 7.69. The van der Waals surface area contributed by atoms with Crippen LogP contribution in [0.25, 0.3) is 0 Å². The molecule has 1 aromatic carbocycles. The third-order valence-electron chi connectivity index (χ3n) is 4.73. The lowest BCUT2D eigenvalue weighted by Crippen LogP contribution is -2.47. The molecule has 1 aromatic rings. The predicted octanol–water partition coefficient (Wildman–Crippen LogP) is 2.25. The van der Waals surface area contributed by atoms with E-state index in [-0.39, 0.29) is 10.6 Å². The molecule has 1 N–H and O–H groups in total. The lowest BCUT2D eigenvalue weighted by molar-refractivity contribution is -0.130. The minimum absolute atomic E-state index is 0.115. The summed E-state index contributed by atoms with van der Waals surface area (Å²) in [6.45, 7) is 10.3. The van der Waals surface area contributed by atoms with Crippen molar-refractivity contribution in [2.75, 3.05) is 39.3 Å². The zero-order chi connectivity index (χ0) is 16.2. The summed E-state index contributed by atoms with van der Waals surface area (Å²) < 4.78 is 0. The smallest absolute Gasteiger partial charge is 0.236 e. The Labute approximate surface area is 143 Å². The van der Waals surface area contributed by atoms with Crippen molar-refractivity contribution in [1.29, 1.82) is 0 Å². The van der Waals surface area contributed by atoms with E-state index in [4.69, 9.17) is 0 Å². The molecule has 2 aliphatic heterocycles. The summed E-state index contributed by atoms with van der Waals surface area (Å²) in [5.74, 6) is 0.318. The molecule has 0 unspecified atom stereocenters. The molecule has 1 amide bonds. The van der Waals surface area contributed by atoms with Gasteiger partial charge in [-0.25, -0.2) is 0 Å². The molecule has 2 saturated heterocycles. The van der Waals surface area contributed by atoms with Gasteiger partial charge in [-0.2, -0.15) is 0 Å². The van der Waals surface area contributed by atoms with Gasteiger partial charge in [0, 0.05) is 39.3 Å². The Kier molecular flexibility index (Phi) is 5.62. The summed E-state index contributed by atoms with van der Waals surface area (Å²) in [6, 6.07) is 8.65. The first-order chi connectivity index (χ1) is 11.2.